The third-order valence-corrected chi connectivity index (χ3v) is 5.76. The number of hydrogen-bond donors (Lipinski definition) is 0. The molecule has 0 amide bonds. The van der Waals surface area contributed by atoms with Crippen LogP contribution in [0, 0.1) is 20.8 Å². The summed E-state index contributed by atoms with van der Waals surface area (Å²) in [5.74, 6) is -0.171. The zero-order valence-corrected chi connectivity index (χ0v) is 19.2. The molecule has 170 valence electrons. The number of ether oxygens (including phenoxy) is 2. The molecule has 2 aromatic heterocycles. The van der Waals surface area contributed by atoms with Crippen molar-refractivity contribution in [2.45, 2.75) is 53.5 Å². The van der Waals surface area contributed by atoms with Crippen LogP contribution in [0.4, 0.5) is 0 Å². The van der Waals surface area contributed by atoms with Crippen LogP contribution in [0.3, 0.4) is 0 Å². The van der Waals surface area contributed by atoms with Gasteiger partial charge in [-0.05, 0) is 57.4 Å². The molecule has 32 heavy (non-hydrogen) atoms. The molecule has 0 saturated heterocycles. The van der Waals surface area contributed by atoms with Gasteiger partial charge in [0, 0.05) is 46.9 Å². The summed E-state index contributed by atoms with van der Waals surface area (Å²) in [4.78, 5) is 37.2. The van der Waals surface area contributed by atoms with Gasteiger partial charge < -0.3 is 18.5 Å². The van der Waals surface area contributed by atoms with Crippen LogP contribution in [0.5, 0.6) is 5.75 Å². The highest BCUT2D eigenvalue weighted by atomic mass is 16.5. The summed E-state index contributed by atoms with van der Waals surface area (Å²) in [6, 6.07) is 7.10. The number of Topliss-reactive ketones (excluding diaryl/α,β-unsaturated/α-hetero) is 1. The topological polar surface area (TPSA) is 87.7 Å². The Morgan fingerprint density at radius 1 is 1.12 bits per heavy atom. The van der Waals surface area contributed by atoms with Crippen molar-refractivity contribution < 1.29 is 23.5 Å². The number of carbonyl (C=O) groups is 2. The molecule has 0 aliphatic heterocycles. The average molecular weight is 440 g/mol. The molecular formula is C25H29NO6. The molecule has 0 unspecified atom stereocenters. The quantitative estimate of drug-likeness (QED) is 0.281. The van der Waals surface area contributed by atoms with Gasteiger partial charge in [0.15, 0.2) is 6.61 Å². The largest absolute Gasteiger partial charge is 0.497 e. The van der Waals surface area contributed by atoms with E-state index >= 15 is 0 Å². The SMILES string of the molecule is CCCn1c(C)cc(C(=O)COC(=O)CCc2c(C)c3ccc(OC)cc3oc2=O)c1C. The lowest BCUT2D eigenvalue weighted by Gasteiger charge is -2.09. The minimum Gasteiger partial charge on any atom is -0.497 e. The van der Waals surface area contributed by atoms with Gasteiger partial charge in [-0.25, -0.2) is 4.79 Å². The maximum absolute atomic E-state index is 12.6. The summed E-state index contributed by atoms with van der Waals surface area (Å²) in [5.41, 5.74) is 3.59. The summed E-state index contributed by atoms with van der Waals surface area (Å²) in [6.45, 7) is 8.28. The van der Waals surface area contributed by atoms with Crippen LogP contribution in [0.1, 0.15) is 52.6 Å². The van der Waals surface area contributed by atoms with Crippen molar-refractivity contribution in [2.75, 3.05) is 13.7 Å². The molecule has 0 bridgehead atoms. The molecule has 0 saturated carbocycles. The molecule has 0 aliphatic carbocycles. The number of hydrogen-bond acceptors (Lipinski definition) is 6. The Labute approximate surface area is 186 Å². The van der Waals surface area contributed by atoms with E-state index in [9.17, 15) is 14.4 Å². The van der Waals surface area contributed by atoms with Crippen molar-refractivity contribution in [2.24, 2.45) is 0 Å². The van der Waals surface area contributed by atoms with Crippen molar-refractivity contribution in [1.82, 2.24) is 4.57 Å². The molecule has 1 aromatic carbocycles. The Kier molecular flexibility index (Phi) is 7.18. The number of aromatic nitrogens is 1. The van der Waals surface area contributed by atoms with E-state index in [-0.39, 0.29) is 25.2 Å². The van der Waals surface area contributed by atoms with E-state index in [0.29, 0.717) is 22.5 Å². The minimum absolute atomic E-state index is 0.0185. The maximum Gasteiger partial charge on any atom is 0.339 e. The molecule has 0 fully saturated rings. The monoisotopic (exact) mass is 439 g/mol. The Hall–Kier alpha value is -3.35. The summed E-state index contributed by atoms with van der Waals surface area (Å²) < 4.78 is 17.9. The van der Waals surface area contributed by atoms with E-state index < -0.39 is 11.6 Å². The van der Waals surface area contributed by atoms with Gasteiger partial charge in [0.2, 0.25) is 5.78 Å². The van der Waals surface area contributed by atoms with Crippen molar-refractivity contribution >= 4 is 22.7 Å². The Morgan fingerprint density at radius 2 is 1.88 bits per heavy atom. The third kappa shape index (κ3) is 4.77. The standard InChI is InChI=1S/C25H29NO6/c1-6-11-26-15(2)12-21(17(26)4)22(27)14-31-24(28)10-9-20-16(3)19-8-7-18(30-5)13-23(19)32-25(20)29/h7-8,12-13H,6,9-11,14H2,1-5H3. The predicted octanol–water partition coefficient (Wildman–Crippen LogP) is 4.30. The molecule has 3 aromatic rings. The van der Waals surface area contributed by atoms with Crippen LogP contribution in [-0.2, 0) is 22.5 Å². The van der Waals surface area contributed by atoms with Gasteiger partial charge in [-0.3, -0.25) is 9.59 Å². The fourth-order valence-corrected chi connectivity index (χ4v) is 3.96. The second-order valence-corrected chi connectivity index (χ2v) is 7.88. The van der Waals surface area contributed by atoms with Crippen LogP contribution in [-0.4, -0.2) is 30.0 Å². The fourth-order valence-electron chi connectivity index (χ4n) is 3.96. The Bertz CT molecular complexity index is 1220. The maximum atomic E-state index is 12.6. The van der Waals surface area contributed by atoms with Gasteiger partial charge in [0.25, 0.3) is 0 Å². The lowest BCUT2D eigenvalue weighted by Crippen LogP contribution is -2.17. The molecule has 0 N–H and O–H groups in total. The van der Waals surface area contributed by atoms with Gasteiger partial charge >= 0.3 is 11.6 Å². The van der Waals surface area contributed by atoms with E-state index in [0.717, 1.165) is 35.3 Å². The van der Waals surface area contributed by atoms with Crippen LogP contribution >= 0.6 is 0 Å². The Morgan fingerprint density at radius 3 is 2.56 bits per heavy atom. The second-order valence-electron chi connectivity index (χ2n) is 7.88. The number of esters is 1. The van der Waals surface area contributed by atoms with E-state index in [4.69, 9.17) is 13.9 Å². The molecule has 2 heterocycles. The molecule has 0 aliphatic rings. The normalized spacial score (nSPS) is 11.0. The first-order valence-corrected chi connectivity index (χ1v) is 10.7. The van der Waals surface area contributed by atoms with Crippen LogP contribution in [0.2, 0.25) is 0 Å². The number of nitrogens with zero attached hydrogens (tertiary/aromatic N) is 1. The first-order valence-electron chi connectivity index (χ1n) is 10.7. The zero-order valence-electron chi connectivity index (χ0n) is 19.2. The molecule has 7 heteroatoms. The van der Waals surface area contributed by atoms with Crippen LogP contribution in [0.15, 0.2) is 33.5 Å². The minimum atomic E-state index is -0.533. The number of ketones is 1. The van der Waals surface area contributed by atoms with Gasteiger partial charge in [-0.15, -0.1) is 0 Å². The van der Waals surface area contributed by atoms with Crippen molar-refractivity contribution in [3.8, 4) is 5.75 Å². The number of fused-ring (bicyclic) bond motifs is 1. The second kappa shape index (κ2) is 9.85. The van der Waals surface area contributed by atoms with Gasteiger partial charge in [0.05, 0.1) is 7.11 Å². The van der Waals surface area contributed by atoms with Crippen molar-refractivity contribution in [3.05, 3.63) is 62.8 Å². The molecular weight excluding hydrogens is 410 g/mol. The van der Waals surface area contributed by atoms with E-state index in [1.807, 2.05) is 32.9 Å². The zero-order chi connectivity index (χ0) is 23.4. The number of carbonyl (C=O) groups excluding carboxylic acids is 2. The highest BCUT2D eigenvalue weighted by molar-refractivity contribution is 5.99. The average Bonchev–Trinajstić information content (AvgIpc) is 3.05. The summed E-state index contributed by atoms with van der Waals surface area (Å²) in [6.07, 6.45) is 1.12. The number of aryl methyl sites for hydroxylation is 2. The predicted molar refractivity (Wildman–Crippen MR) is 122 cm³/mol. The lowest BCUT2D eigenvalue weighted by atomic mass is 10.0. The highest BCUT2D eigenvalue weighted by Crippen LogP contribution is 2.24. The number of methoxy groups -OCH3 is 1. The first kappa shape index (κ1) is 23.3. The Balaban J connectivity index is 1.64. The smallest absolute Gasteiger partial charge is 0.339 e. The molecule has 0 atom stereocenters. The van der Waals surface area contributed by atoms with Gasteiger partial charge in [-0.1, -0.05) is 6.92 Å². The molecule has 3 rings (SSSR count). The van der Waals surface area contributed by atoms with Crippen molar-refractivity contribution in [3.63, 3.8) is 0 Å². The molecule has 7 nitrogen and oxygen atoms in total. The van der Waals surface area contributed by atoms with E-state index in [1.54, 1.807) is 19.2 Å². The fraction of sp³-hybridized carbons (Fsp3) is 0.400. The number of rotatable bonds is 9. The van der Waals surface area contributed by atoms with Gasteiger partial charge in [-0.2, -0.15) is 0 Å². The summed E-state index contributed by atoms with van der Waals surface area (Å²) in [7, 11) is 1.54. The van der Waals surface area contributed by atoms with Crippen LogP contribution in [0.25, 0.3) is 11.0 Å². The first-order chi connectivity index (χ1) is 15.3. The molecule has 0 radical (unpaired) electrons. The highest BCUT2D eigenvalue weighted by Gasteiger charge is 2.18. The van der Waals surface area contributed by atoms with E-state index in [2.05, 4.69) is 11.5 Å². The van der Waals surface area contributed by atoms with Crippen molar-refractivity contribution in [1.29, 1.82) is 0 Å². The summed E-state index contributed by atoms with van der Waals surface area (Å²) >= 11 is 0. The lowest BCUT2D eigenvalue weighted by molar-refractivity contribution is -0.142. The summed E-state index contributed by atoms with van der Waals surface area (Å²) in [5, 5.41) is 0.784. The van der Waals surface area contributed by atoms with E-state index in [1.165, 1.54) is 0 Å². The van der Waals surface area contributed by atoms with Crippen LogP contribution < -0.4 is 10.4 Å². The van der Waals surface area contributed by atoms with Gasteiger partial charge in [0.1, 0.15) is 11.3 Å². The third-order valence-electron chi connectivity index (χ3n) is 5.76. The molecule has 0 spiro atoms. The number of benzene rings is 1.